The first kappa shape index (κ1) is 19.4. The molecule has 0 radical (unpaired) electrons. The maximum Gasteiger partial charge on any atom is 0.311 e. The summed E-state index contributed by atoms with van der Waals surface area (Å²) in [5.74, 6) is 0.249. The van der Waals surface area contributed by atoms with E-state index in [9.17, 15) is 10.1 Å². The SMILES string of the molecule is COc1ccc(-c2nc3ccc(C)cn3c2CN2CCCNCC2)cc1[N+](=O)[O-]. The van der Waals surface area contributed by atoms with Gasteiger partial charge in [0.05, 0.1) is 23.4 Å². The third-order valence-electron chi connectivity index (χ3n) is 5.32. The summed E-state index contributed by atoms with van der Waals surface area (Å²) < 4.78 is 7.27. The number of methoxy groups -OCH3 is 1. The Hall–Kier alpha value is -2.97. The summed E-state index contributed by atoms with van der Waals surface area (Å²) in [6, 6.07) is 9.06. The second kappa shape index (κ2) is 8.18. The largest absolute Gasteiger partial charge is 0.490 e. The average Bonchev–Trinajstić information content (AvgIpc) is 2.88. The summed E-state index contributed by atoms with van der Waals surface area (Å²) in [6.45, 7) is 6.74. The quantitative estimate of drug-likeness (QED) is 0.528. The maximum atomic E-state index is 11.5. The van der Waals surface area contributed by atoms with E-state index < -0.39 is 4.92 Å². The van der Waals surface area contributed by atoms with Crippen LogP contribution in [0.4, 0.5) is 5.69 Å². The lowest BCUT2D eigenvalue weighted by Gasteiger charge is -2.20. The minimum atomic E-state index is -0.414. The number of nitrogens with one attached hydrogen (secondary N) is 1. The molecule has 0 amide bonds. The van der Waals surface area contributed by atoms with Gasteiger partial charge in [0.2, 0.25) is 0 Å². The Balaban J connectivity index is 1.83. The molecule has 1 fully saturated rings. The van der Waals surface area contributed by atoms with Crippen molar-refractivity contribution in [3.8, 4) is 17.0 Å². The molecule has 3 heterocycles. The van der Waals surface area contributed by atoms with Gasteiger partial charge in [-0.1, -0.05) is 6.07 Å². The lowest BCUT2D eigenvalue weighted by molar-refractivity contribution is -0.385. The summed E-state index contributed by atoms with van der Waals surface area (Å²) in [7, 11) is 1.44. The Morgan fingerprint density at radius 2 is 2.10 bits per heavy atom. The number of aryl methyl sites for hydroxylation is 1. The monoisotopic (exact) mass is 395 g/mol. The lowest BCUT2D eigenvalue weighted by atomic mass is 10.1. The number of aromatic nitrogens is 2. The normalized spacial score (nSPS) is 15.4. The van der Waals surface area contributed by atoms with Gasteiger partial charge in [0, 0.05) is 37.5 Å². The van der Waals surface area contributed by atoms with E-state index in [0.29, 0.717) is 0 Å². The molecule has 152 valence electrons. The van der Waals surface area contributed by atoms with Crippen LogP contribution < -0.4 is 10.1 Å². The summed E-state index contributed by atoms with van der Waals surface area (Å²) in [5.41, 5.74) is 4.47. The molecule has 0 saturated carbocycles. The van der Waals surface area contributed by atoms with E-state index in [-0.39, 0.29) is 11.4 Å². The van der Waals surface area contributed by atoms with Crippen LogP contribution in [0, 0.1) is 17.0 Å². The van der Waals surface area contributed by atoms with Crippen molar-refractivity contribution in [1.82, 2.24) is 19.6 Å². The fraction of sp³-hybridized carbons (Fsp3) is 0.381. The van der Waals surface area contributed by atoms with Crippen LogP contribution >= 0.6 is 0 Å². The lowest BCUT2D eigenvalue weighted by Crippen LogP contribution is -2.28. The van der Waals surface area contributed by atoms with Crippen LogP contribution in [0.2, 0.25) is 0 Å². The van der Waals surface area contributed by atoms with Crippen molar-refractivity contribution < 1.29 is 9.66 Å². The molecule has 1 aliphatic heterocycles. The first-order valence-corrected chi connectivity index (χ1v) is 9.80. The smallest absolute Gasteiger partial charge is 0.311 e. The molecule has 3 aromatic rings. The van der Waals surface area contributed by atoms with Gasteiger partial charge in [0.1, 0.15) is 5.65 Å². The van der Waals surface area contributed by atoms with Gasteiger partial charge in [-0.3, -0.25) is 15.0 Å². The summed E-state index contributed by atoms with van der Waals surface area (Å²) >= 11 is 0. The molecular formula is C21H25N5O3. The van der Waals surface area contributed by atoms with Crippen LogP contribution in [0.3, 0.4) is 0 Å². The second-order valence-corrected chi connectivity index (χ2v) is 7.37. The third-order valence-corrected chi connectivity index (χ3v) is 5.32. The number of nitro groups is 1. The molecule has 0 aliphatic carbocycles. The summed E-state index contributed by atoms with van der Waals surface area (Å²) in [4.78, 5) is 18.3. The van der Waals surface area contributed by atoms with Crippen LogP contribution in [-0.4, -0.2) is 52.5 Å². The number of ether oxygens (including phenoxy) is 1. The second-order valence-electron chi connectivity index (χ2n) is 7.37. The highest BCUT2D eigenvalue weighted by molar-refractivity contribution is 5.71. The van der Waals surface area contributed by atoms with Gasteiger partial charge in [-0.05, 0) is 50.2 Å². The van der Waals surface area contributed by atoms with E-state index in [1.807, 2.05) is 18.2 Å². The molecule has 0 atom stereocenters. The predicted molar refractivity (Wildman–Crippen MR) is 111 cm³/mol. The van der Waals surface area contributed by atoms with Crippen molar-refractivity contribution in [2.24, 2.45) is 0 Å². The zero-order valence-corrected chi connectivity index (χ0v) is 16.7. The van der Waals surface area contributed by atoms with E-state index in [4.69, 9.17) is 9.72 Å². The number of benzene rings is 1. The number of hydrogen-bond acceptors (Lipinski definition) is 6. The summed E-state index contributed by atoms with van der Waals surface area (Å²) in [6.07, 6.45) is 3.17. The fourth-order valence-corrected chi connectivity index (χ4v) is 3.83. The van der Waals surface area contributed by atoms with E-state index in [2.05, 4.69) is 27.7 Å². The van der Waals surface area contributed by atoms with Gasteiger partial charge in [-0.2, -0.15) is 0 Å². The molecule has 1 aliphatic rings. The number of rotatable bonds is 5. The standard InChI is InChI=1S/C21H25N5O3/c1-15-4-7-20-23-21(16-5-6-19(29-2)17(12-16)26(27)28)18(25(20)13-15)14-24-10-3-8-22-9-11-24/h4-7,12-13,22H,3,8-11,14H2,1-2H3. The van der Waals surface area contributed by atoms with Crippen molar-refractivity contribution in [3.63, 3.8) is 0 Å². The molecule has 1 aromatic carbocycles. The Labute approximate surface area is 169 Å². The topological polar surface area (TPSA) is 84.9 Å². The third kappa shape index (κ3) is 3.94. The Morgan fingerprint density at radius 3 is 2.90 bits per heavy atom. The highest BCUT2D eigenvalue weighted by Gasteiger charge is 2.22. The van der Waals surface area contributed by atoms with Crippen LogP contribution in [0.15, 0.2) is 36.5 Å². The van der Waals surface area contributed by atoms with Crippen molar-refractivity contribution >= 4 is 11.3 Å². The van der Waals surface area contributed by atoms with Crippen molar-refractivity contribution in [3.05, 3.63) is 57.9 Å². The first-order valence-electron chi connectivity index (χ1n) is 9.80. The van der Waals surface area contributed by atoms with Crippen LogP contribution in [0.25, 0.3) is 16.9 Å². The van der Waals surface area contributed by atoms with E-state index >= 15 is 0 Å². The molecule has 2 aromatic heterocycles. The fourth-order valence-electron chi connectivity index (χ4n) is 3.83. The number of pyridine rings is 1. The van der Waals surface area contributed by atoms with Gasteiger partial charge in [0.25, 0.3) is 0 Å². The Morgan fingerprint density at radius 1 is 1.24 bits per heavy atom. The maximum absolute atomic E-state index is 11.5. The minimum absolute atomic E-state index is 0.0526. The molecule has 8 nitrogen and oxygen atoms in total. The number of nitro benzene ring substituents is 1. The van der Waals surface area contributed by atoms with E-state index in [1.54, 1.807) is 12.1 Å². The van der Waals surface area contributed by atoms with Crippen LogP contribution in [0.1, 0.15) is 17.7 Å². The molecule has 29 heavy (non-hydrogen) atoms. The highest BCUT2D eigenvalue weighted by Crippen LogP contribution is 2.34. The van der Waals surface area contributed by atoms with Crippen molar-refractivity contribution in [2.75, 3.05) is 33.3 Å². The van der Waals surface area contributed by atoms with Gasteiger partial charge in [-0.25, -0.2) is 4.98 Å². The van der Waals surface area contributed by atoms with Crippen LogP contribution in [-0.2, 0) is 6.54 Å². The molecule has 8 heteroatoms. The van der Waals surface area contributed by atoms with Gasteiger partial charge in [-0.15, -0.1) is 0 Å². The molecule has 0 spiro atoms. The average molecular weight is 395 g/mol. The van der Waals surface area contributed by atoms with Gasteiger partial charge >= 0.3 is 5.69 Å². The highest BCUT2D eigenvalue weighted by atomic mass is 16.6. The van der Waals surface area contributed by atoms with E-state index in [0.717, 1.165) is 67.3 Å². The molecule has 0 bridgehead atoms. The zero-order valence-electron chi connectivity index (χ0n) is 16.7. The molecule has 1 saturated heterocycles. The van der Waals surface area contributed by atoms with Crippen LogP contribution in [0.5, 0.6) is 5.75 Å². The van der Waals surface area contributed by atoms with Crippen molar-refractivity contribution in [2.45, 2.75) is 19.9 Å². The summed E-state index contributed by atoms with van der Waals surface area (Å²) in [5, 5.41) is 14.9. The predicted octanol–water partition coefficient (Wildman–Crippen LogP) is 3.02. The first-order chi connectivity index (χ1) is 14.1. The molecular weight excluding hydrogens is 370 g/mol. The number of imidazole rings is 1. The van der Waals surface area contributed by atoms with Gasteiger partial charge in [0.15, 0.2) is 5.75 Å². The molecule has 4 rings (SSSR count). The zero-order chi connectivity index (χ0) is 20.4. The van der Waals surface area contributed by atoms with Crippen molar-refractivity contribution in [1.29, 1.82) is 0 Å². The Bertz CT molecular complexity index is 1040. The number of nitrogens with zero attached hydrogens (tertiary/aromatic N) is 4. The molecule has 0 unspecified atom stereocenters. The number of hydrogen-bond donors (Lipinski definition) is 1. The number of fused-ring (bicyclic) bond motifs is 1. The van der Waals surface area contributed by atoms with Gasteiger partial charge < -0.3 is 14.5 Å². The Kier molecular flexibility index (Phi) is 5.46. The van der Waals surface area contributed by atoms with E-state index in [1.165, 1.54) is 7.11 Å². The molecule has 1 N–H and O–H groups in total. The minimum Gasteiger partial charge on any atom is -0.490 e.